The van der Waals surface area contributed by atoms with E-state index in [0.717, 1.165) is 39.3 Å². The molecule has 0 unspecified atom stereocenters. The molecule has 0 spiro atoms. The predicted molar refractivity (Wildman–Crippen MR) is 231 cm³/mol. The first-order valence-corrected chi connectivity index (χ1v) is 18.8. The van der Waals surface area contributed by atoms with Crippen LogP contribution in [0.3, 0.4) is 0 Å². The van der Waals surface area contributed by atoms with Crippen molar-refractivity contribution in [3.05, 3.63) is 200 Å². The van der Waals surface area contributed by atoms with Crippen LogP contribution in [0.15, 0.2) is 200 Å². The van der Waals surface area contributed by atoms with Gasteiger partial charge >= 0.3 is 0 Å². The van der Waals surface area contributed by atoms with Crippen molar-refractivity contribution >= 4 is 54.1 Å². The summed E-state index contributed by atoms with van der Waals surface area (Å²) in [5.41, 5.74) is 10.7. The van der Waals surface area contributed by atoms with E-state index in [-0.39, 0.29) is 0 Å². The fraction of sp³-hybridized carbons (Fsp3) is 0. The molecule has 0 aliphatic carbocycles. The number of rotatable bonds is 5. The van der Waals surface area contributed by atoms with Crippen LogP contribution in [0.4, 0.5) is 0 Å². The van der Waals surface area contributed by atoms with Gasteiger partial charge in [0, 0.05) is 33.2 Å². The van der Waals surface area contributed by atoms with Gasteiger partial charge in [-0.1, -0.05) is 164 Å². The van der Waals surface area contributed by atoms with Crippen molar-refractivity contribution in [2.45, 2.75) is 0 Å². The Bertz CT molecular complexity index is 3250. The topological polar surface area (TPSA) is 30.7 Å². The summed E-state index contributed by atoms with van der Waals surface area (Å²) in [7, 11) is 0. The van der Waals surface area contributed by atoms with E-state index in [1.807, 2.05) is 6.07 Å². The van der Waals surface area contributed by atoms with Crippen LogP contribution in [0.2, 0.25) is 0 Å². The molecule has 0 atom stereocenters. The van der Waals surface area contributed by atoms with Gasteiger partial charge in [0.15, 0.2) is 5.82 Å². The lowest BCUT2D eigenvalue weighted by Crippen LogP contribution is -1.98. The molecule has 0 aliphatic rings. The minimum Gasteiger partial charge on any atom is -0.309 e. The van der Waals surface area contributed by atoms with Gasteiger partial charge in [0.05, 0.1) is 22.4 Å². The van der Waals surface area contributed by atoms with Crippen LogP contribution < -0.4 is 0 Å². The summed E-state index contributed by atoms with van der Waals surface area (Å²) in [4.78, 5) is 10.8. The van der Waals surface area contributed by atoms with Crippen molar-refractivity contribution in [1.82, 2.24) is 14.5 Å². The maximum atomic E-state index is 5.42. The Labute approximate surface area is 318 Å². The van der Waals surface area contributed by atoms with E-state index in [4.69, 9.17) is 9.97 Å². The minimum absolute atomic E-state index is 0.697. The first-order chi connectivity index (χ1) is 27.3. The summed E-state index contributed by atoms with van der Waals surface area (Å²) in [5.74, 6) is 0.697. The summed E-state index contributed by atoms with van der Waals surface area (Å²) in [6, 6.07) is 71.5. The molecular weight excluding hydrogens is 667 g/mol. The van der Waals surface area contributed by atoms with Gasteiger partial charge in [0.25, 0.3) is 0 Å². The van der Waals surface area contributed by atoms with Gasteiger partial charge < -0.3 is 4.57 Å². The molecule has 0 aliphatic heterocycles. The lowest BCUT2D eigenvalue weighted by Gasteiger charge is -2.17. The normalized spacial score (nSPS) is 11.6. The summed E-state index contributed by atoms with van der Waals surface area (Å²) in [6.45, 7) is 0. The van der Waals surface area contributed by atoms with E-state index >= 15 is 0 Å². The van der Waals surface area contributed by atoms with Gasteiger partial charge in [-0.3, -0.25) is 0 Å². The molecular formula is C52H33N3. The van der Waals surface area contributed by atoms with Crippen molar-refractivity contribution < 1.29 is 0 Å². The third-order valence-electron chi connectivity index (χ3n) is 11.0. The molecule has 2 aromatic heterocycles. The number of benzene rings is 9. The van der Waals surface area contributed by atoms with Gasteiger partial charge in [-0.15, -0.1) is 0 Å². The molecule has 0 bridgehead atoms. The number of fused-ring (bicyclic) bond motifs is 7. The highest BCUT2D eigenvalue weighted by atomic mass is 15.0. The first-order valence-electron chi connectivity index (χ1n) is 18.8. The molecule has 2 heterocycles. The van der Waals surface area contributed by atoms with Crippen molar-refractivity contribution in [3.8, 4) is 50.7 Å². The Hall–Kier alpha value is -7.36. The maximum Gasteiger partial charge on any atom is 0.160 e. The molecule has 55 heavy (non-hydrogen) atoms. The van der Waals surface area contributed by atoms with Crippen molar-refractivity contribution in [2.24, 2.45) is 0 Å². The van der Waals surface area contributed by atoms with E-state index in [9.17, 15) is 0 Å². The van der Waals surface area contributed by atoms with Crippen LogP contribution in [0.1, 0.15) is 0 Å². The Morgan fingerprint density at radius 1 is 0.345 bits per heavy atom. The van der Waals surface area contributed by atoms with Crippen LogP contribution in [0.25, 0.3) is 105 Å². The van der Waals surface area contributed by atoms with E-state index in [1.165, 1.54) is 59.7 Å². The van der Waals surface area contributed by atoms with E-state index in [2.05, 4.69) is 199 Å². The maximum absolute atomic E-state index is 5.42. The Morgan fingerprint density at radius 3 is 1.78 bits per heavy atom. The standard InChI is InChI=1S/C52H33N3/c1-3-17-35(18-4-1)52-53-45(33-46(54-52)51-40-23-10-8-19-36(40)32-37-31-30-34-16-7-9-22-39(34)49(37)51)42-25-12-11-24-41(42)43-27-15-29-48-50(43)44-26-13-14-28-47(44)55(48)38-20-5-2-6-21-38/h1-33H. The molecule has 11 rings (SSSR count). The van der Waals surface area contributed by atoms with E-state index in [0.29, 0.717) is 5.82 Å². The smallest absolute Gasteiger partial charge is 0.160 e. The molecule has 0 saturated heterocycles. The number of para-hydroxylation sites is 2. The monoisotopic (exact) mass is 699 g/mol. The molecule has 3 nitrogen and oxygen atoms in total. The summed E-state index contributed by atoms with van der Waals surface area (Å²) < 4.78 is 2.38. The van der Waals surface area contributed by atoms with Crippen LogP contribution in [-0.4, -0.2) is 14.5 Å². The van der Waals surface area contributed by atoms with E-state index in [1.54, 1.807) is 0 Å². The lowest BCUT2D eigenvalue weighted by atomic mass is 9.90. The molecule has 256 valence electrons. The average molecular weight is 700 g/mol. The zero-order valence-electron chi connectivity index (χ0n) is 29.9. The summed E-state index contributed by atoms with van der Waals surface area (Å²) in [6.07, 6.45) is 0. The molecule has 3 heteroatoms. The predicted octanol–water partition coefficient (Wildman–Crippen LogP) is 13.7. The summed E-state index contributed by atoms with van der Waals surface area (Å²) in [5, 5.41) is 9.60. The number of aromatic nitrogens is 3. The zero-order chi connectivity index (χ0) is 36.3. The Morgan fingerprint density at radius 2 is 0.945 bits per heavy atom. The molecule has 0 amide bonds. The number of nitrogens with zero attached hydrogens (tertiary/aromatic N) is 3. The molecule has 0 radical (unpaired) electrons. The summed E-state index contributed by atoms with van der Waals surface area (Å²) >= 11 is 0. The first kappa shape index (κ1) is 31.2. The SMILES string of the molecule is c1ccc(-c2nc(-c3ccccc3-c3cccc4c3c3ccccc3n4-c3ccccc3)cc(-c3c4ccccc4cc4ccc5ccccc5c34)n2)cc1. The lowest BCUT2D eigenvalue weighted by molar-refractivity contribution is 1.18. The van der Waals surface area contributed by atoms with Crippen molar-refractivity contribution in [2.75, 3.05) is 0 Å². The van der Waals surface area contributed by atoms with Gasteiger partial charge in [-0.25, -0.2) is 9.97 Å². The average Bonchev–Trinajstić information content (AvgIpc) is 3.60. The quantitative estimate of drug-likeness (QED) is 0.132. The second-order valence-electron chi connectivity index (χ2n) is 14.1. The number of hydrogen-bond donors (Lipinski definition) is 0. The van der Waals surface area contributed by atoms with Gasteiger partial charge in [-0.2, -0.15) is 0 Å². The Balaban J connectivity index is 1.22. The Kier molecular flexibility index (Phi) is 7.17. The molecule has 11 aromatic rings. The fourth-order valence-corrected chi connectivity index (χ4v) is 8.58. The van der Waals surface area contributed by atoms with Crippen molar-refractivity contribution in [1.29, 1.82) is 0 Å². The third kappa shape index (κ3) is 5.05. The zero-order valence-corrected chi connectivity index (χ0v) is 29.9. The van der Waals surface area contributed by atoms with Gasteiger partial charge in [-0.05, 0) is 79.8 Å². The molecule has 0 saturated carbocycles. The van der Waals surface area contributed by atoms with Crippen LogP contribution in [0, 0.1) is 0 Å². The second kappa shape index (κ2) is 12.6. The van der Waals surface area contributed by atoms with E-state index < -0.39 is 0 Å². The van der Waals surface area contributed by atoms with Gasteiger partial charge in [0.2, 0.25) is 0 Å². The van der Waals surface area contributed by atoms with Gasteiger partial charge in [0.1, 0.15) is 0 Å². The minimum atomic E-state index is 0.697. The van der Waals surface area contributed by atoms with Crippen LogP contribution in [-0.2, 0) is 0 Å². The highest BCUT2D eigenvalue weighted by molar-refractivity contribution is 6.22. The van der Waals surface area contributed by atoms with Crippen LogP contribution >= 0.6 is 0 Å². The third-order valence-corrected chi connectivity index (χ3v) is 11.0. The fourth-order valence-electron chi connectivity index (χ4n) is 8.58. The van der Waals surface area contributed by atoms with Crippen molar-refractivity contribution in [3.63, 3.8) is 0 Å². The highest BCUT2D eigenvalue weighted by Crippen LogP contribution is 2.44. The van der Waals surface area contributed by atoms with Crippen LogP contribution in [0.5, 0.6) is 0 Å². The molecule has 0 N–H and O–H groups in total. The second-order valence-corrected chi connectivity index (χ2v) is 14.1. The molecule has 9 aromatic carbocycles. The highest BCUT2D eigenvalue weighted by Gasteiger charge is 2.21. The molecule has 0 fully saturated rings. The number of hydrogen-bond acceptors (Lipinski definition) is 2. The largest absolute Gasteiger partial charge is 0.309 e.